The highest BCUT2D eigenvalue weighted by molar-refractivity contribution is 9.10. The molecule has 0 bridgehead atoms. The van der Waals surface area contributed by atoms with Crippen LogP contribution in [0.15, 0.2) is 10.2 Å². The summed E-state index contributed by atoms with van der Waals surface area (Å²) in [5.74, 6) is 0. The van der Waals surface area contributed by atoms with Crippen LogP contribution in [0.4, 0.5) is 0 Å². The van der Waals surface area contributed by atoms with Gasteiger partial charge in [-0.05, 0) is 6.92 Å². The first-order valence-corrected chi connectivity index (χ1v) is 3.29. The first-order chi connectivity index (χ1) is 4.57. The summed E-state index contributed by atoms with van der Waals surface area (Å²) in [5, 5.41) is 17.2. The molecular formula is C4H4BrN3O2. The van der Waals surface area contributed by atoms with E-state index >= 15 is 0 Å². The average molecular weight is 206 g/mol. The highest BCUT2D eigenvalue weighted by Gasteiger charge is 2.44. The summed E-state index contributed by atoms with van der Waals surface area (Å²) in [6.07, 6.45) is 1.16. The molecule has 0 aliphatic carbocycles. The first-order valence-electron chi connectivity index (χ1n) is 2.50. The molecule has 0 fully saturated rings. The molecule has 6 heteroatoms. The van der Waals surface area contributed by atoms with Crippen molar-refractivity contribution in [2.75, 3.05) is 0 Å². The van der Waals surface area contributed by atoms with E-state index in [0.29, 0.717) is 5.71 Å². The van der Waals surface area contributed by atoms with E-state index in [4.69, 9.17) is 0 Å². The smallest absolute Gasteiger partial charge is 0.262 e. The maximum absolute atomic E-state index is 10.3. The van der Waals surface area contributed by atoms with Crippen molar-refractivity contribution in [3.05, 3.63) is 10.1 Å². The second-order valence-electron chi connectivity index (χ2n) is 1.86. The summed E-state index contributed by atoms with van der Waals surface area (Å²) in [4.78, 5) is 9.84. The van der Waals surface area contributed by atoms with E-state index in [1.165, 1.54) is 0 Å². The number of alkyl halides is 1. The maximum Gasteiger partial charge on any atom is 0.350 e. The lowest BCUT2D eigenvalue weighted by molar-refractivity contribution is -0.493. The molecule has 1 rings (SSSR count). The Morgan fingerprint density at radius 3 is 2.70 bits per heavy atom. The Labute approximate surface area is 65.1 Å². The van der Waals surface area contributed by atoms with Gasteiger partial charge in [-0.3, -0.25) is 10.1 Å². The van der Waals surface area contributed by atoms with Crippen LogP contribution in [-0.2, 0) is 0 Å². The number of halogens is 1. The third kappa shape index (κ3) is 0.841. The van der Waals surface area contributed by atoms with Crippen molar-refractivity contribution in [1.29, 1.82) is 0 Å². The number of hydrogen-bond donors (Lipinski definition) is 0. The molecule has 0 spiro atoms. The summed E-state index contributed by atoms with van der Waals surface area (Å²) in [7, 11) is 0. The van der Waals surface area contributed by atoms with E-state index in [1.54, 1.807) is 6.92 Å². The van der Waals surface area contributed by atoms with Crippen LogP contribution in [0.1, 0.15) is 6.92 Å². The van der Waals surface area contributed by atoms with Gasteiger partial charge in [0.05, 0.1) is 4.92 Å². The lowest BCUT2D eigenvalue weighted by Gasteiger charge is -2.06. The molecule has 10 heavy (non-hydrogen) atoms. The van der Waals surface area contributed by atoms with Gasteiger partial charge in [0, 0.05) is 15.9 Å². The van der Waals surface area contributed by atoms with Gasteiger partial charge in [0.25, 0.3) is 0 Å². The zero-order chi connectivity index (χ0) is 7.78. The molecule has 0 radical (unpaired) electrons. The predicted molar refractivity (Wildman–Crippen MR) is 40.3 cm³/mol. The van der Waals surface area contributed by atoms with E-state index in [2.05, 4.69) is 26.1 Å². The highest BCUT2D eigenvalue weighted by atomic mass is 79.9. The minimum absolute atomic E-state index is 0.345. The van der Waals surface area contributed by atoms with Crippen molar-refractivity contribution in [3.63, 3.8) is 0 Å². The van der Waals surface area contributed by atoms with Crippen molar-refractivity contribution in [3.8, 4) is 0 Å². The lowest BCUT2D eigenvalue weighted by Crippen LogP contribution is -2.37. The largest absolute Gasteiger partial charge is 0.350 e. The molecule has 1 aliphatic heterocycles. The van der Waals surface area contributed by atoms with Crippen LogP contribution in [0.3, 0.4) is 0 Å². The molecule has 1 heterocycles. The molecule has 0 saturated heterocycles. The summed E-state index contributed by atoms with van der Waals surface area (Å²) in [6, 6.07) is 0. The number of rotatable bonds is 1. The van der Waals surface area contributed by atoms with E-state index in [-0.39, 0.29) is 0 Å². The summed E-state index contributed by atoms with van der Waals surface area (Å²) in [6.45, 7) is 1.55. The van der Waals surface area contributed by atoms with Gasteiger partial charge in [-0.25, -0.2) is 0 Å². The quantitative estimate of drug-likeness (QED) is 0.275. The van der Waals surface area contributed by atoms with Crippen LogP contribution in [0.25, 0.3) is 0 Å². The number of nitro groups is 1. The van der Waals surface area contributed by atoms with Crippen molar-refractivity contribution in [2.24, 2.45) is 10.2 Å². The Kier molecular flexibility index (Phi) is 1.55. The van der Waals surface area contributed by atoms with Gasteiger partial charge in [-0.2, -0.15) is 10.2 Å². The molecule has 0 aromatic heterocycles. The monoisotopic (exact) mass is 205 g/mol. The van der Waals surface area contributed by atoms with Crippen molar-refractivity contribution < 1.29 is 4.92 Å². The van der Waals surface area contributed by atoms with Crippen molar-refractivity contribution in [1.82, 2.24) is 0 Å². The second kappa shape index (κ2) is 2.12. The fraction of sp³-hybridized carbons (Fsp3) is 0.500. The molecule has 0 N–H and O–H groups in total. The predicted octanol–water partition coefficient (Wildman–Crippen LogP) is 0.815. The molecule has 0 aromatic rings. The molecule has 54 valence electrons. The molecule has 0 amide bonds. The molecule has 1 atom stereocenters. The zero-order valence-corrected chi connectivity index (χ0v) is 6.70. The number of nitrogens with zero attached hydrogens (tertiary/aromatic N) is 3. The Morgan fingerprint density at radius 1 is 1.90 bits per heavy atom. The normalized spacial score (nSPS) is 30.4. The number of hydrogen-bond acceptors (Lipinski definition) is 4. The minimum Gasteiger partial charge on any atom is -0.262 e. The second-order valence-corrected chi connectivity index (χ2v) is 3.07. The standard InChI is InChI=1S/C4H4BrN3O2/c1-3-4(5,8(9)10)2-6-7-3/h2H,1H3. The zero-order valence-electron chi connectivity index (χ0n) is 5.11. The summed E-state index contributed by atoms with van der Waals surface area (Å²) in [5.41, 5.74) is 0.345. The van der Waals surface area contributed by atoms with Crippen molar-refractivity contribution in [2.45, 2.75) is 11.4 Å². The molecule has 1 aliphatic rings. The topological polar surface area (TPSA) is 67.9 Å². The summed E-state index contributed by atoms with van der Waals surface area (Å²) < 4.78 is -1.35. The molecule has 5 nitrogen and oxygen atoms in total. The summed E-state index contributed by atoms with van der Waals surface area (Å²) >= 11 is 2.90. The van der Waals surface area contributed by atoms with Gasteiger partial charge < -0.3 is 0 Å². The van der Waals surface area contributed by atoms with Gasteiger partial charge in [0.15, 0.2) is 0 Å². The van der Waals surface area contributed by atoms with Crippen LogP contribution in [0, 0.1) is 10.1 Å². The van der Waals surface area contributed by atoms with Gasteiger partial charge in [-0.1, -0.05) is 0 Å². The van der Waals surface area contributed by atoms with Crippen LogP contribution >= 0.6 is 15.9 Å². The fourth-order valence-corrected chi connectivity index (χ4v) is 0.706. The van der Waals surface area contributed by atoms with Gasteiger partial charge >= 0.3 is 4.45 Å². The van der Waals surface area contributed by atoms with Gasteiger partial charge in [0.2, 0.25) is 0 Å². The maximum atomic E-state index is 10.3. The Bertz CT molecular complexity index is 237. The highest BCUT2D eigenvalue weighted by Crippen LogP contribution is 2.22. The Balaban J connectivity index is 3.00. The first kappa shape index (κ1) is 7.33. The molecule has 1 unspecified atom stereocenters. The molecule has 0 aromatic carbocycles. The lowest BCUT2D eigenvalue weighted by atomic mass is 10.2. The minimum atomic E-state index is -1.35. The van der Waals surface area contributed by atoms with Crippen LogP contribution in [0.2, 0.25) is 0 Å². The van der Waals surface area contributed by atoms with Crippen molar-refractivity contribution >= 4 is 27.9 Å². The Hall–Kier alpha value is -0.780. The third-order valence-corrected chi connectivity index (χ3v) is 2.28. The fourth-order valence-electron chi connectivity index (χ4n) is 0.535. The van der Waals surface area contributed by atoms with E-state index < -0.39 is 9.37 Å². The van der Waals surface area contributed by atoms with Crippen LogP contribution in [0.5, 0.6) is 0 Å². The van der Waals surface area contributed by atoms with E-state index in [1.807, 2.05) is 0 Å². The van der Waals surface area contributed by atoms with Gasteiger partial charge in [0.1, 0.15) is 11.9 Å². The van der Waals surface area contributed by atoms with Gasteiger partial charge in [-0.15, -0.1) is 0 Å². The average Bonchev–Trinajstić information content (AvgIpc) is 2.15. The van der Waals surface area contributed by atoms with Crippen LogP contribution in [-0.4, -0.2) is 21.3 Å². The SMILES string of the molecule is CC1=NN=CC1(Br)[N+](=O)[O-]. The molecule has 0 saturated carbocycles. The third-order valence-electron chi connectivity index (χ3n) is 1.21. The molecular weight excluding hydrogens is 202 g/mol. The van der Waals surface area contributed by atoms with E-state index in [0.717, 1.165) is 6.21 Å². The van der Waals surface area contributed by atoms with E-state index in [9.17, 15) is 10.1 Å². The van der Waals surface area contributed by atoms with Crippen LogP contribution < -0.4 is 0 Å². The Morgan fingerprint density at radius 2 is 2.50 bits per heavy atom.